The summed E-state index contributed by atoms with van der Waals surface area (Å²) in [4.78, 5) is 14.3. The summed E-state index contributed by atoms with van der Waals surface area (Å²) in [6.45, 7) is 3.53. The molecule has 0 bridgehead atoms. The average Bonchev–Trinajstić information content (AvgIpc) is 2.33. The van der Waals surface area contributed by atoms with Gasteiger partial charge in [0.15, 0.2) is 0 Å². The first-order chi connectivity index (χ1) is 8.09. The van der Waals surface area contributed by atoms with E-state index in [1.807, 2.05) is 4.90 Å². The number of rotatable bonds is 1. The molecule has 1 saturated heterocycles. The molecule has 1 amide bonds. The highest BCUT2D eigenvalue weighted by atomic mass is 16.3. The number of hydrogen-bond donors (Lipinski definition) is 2. The zero-order valence-electron chi connectivity index (χ0n) is 10.6. The SMILES string of the molecule is CC1CCCC(C(=O)N2CCC(O)CC2)C1N. The normalized spacial score (nSPS) is 35.9. The van der Waals surface area contributed by atoms with Gasteiger partial charge in [-0.3, -0.25) is 4.79 Å². The summed E-state index contributed by atoms with van der Waals surface area (Å²) in [6, 6.07) is 0.0168. The summed E-state index contributed by atoms with van der Waals surface area (Å²) in [6.07, 6.45) is 4.39. The highest BCUT2D eigenvalue weighted by Gasteiger charge is 2.36. The van der Waals surface area contributed by atoms with Crippen molar-refractivity contribution < 1.29 is 9.90 Å². The van der Waals surface area contributed by atoms with Crippen molar-refractivity contribution in [3.8, 4) is 0 Å². The maximum atomic E-state index is 12.4. The predicted molar refractivity (Wildman–Crippen MR) is 66.3 cm³/mol. The van der Waals surface area contributed by atoms with E-state index in [-0.39, 0.29) is 24.0 Å². The molecule has 0 aromatic heterocycles. The monoisotopic (exact) mass is 240 g/mol. The summed E-state index contributed by atoms with van der Waals surface area (Å²) >= 11 is 0. The molecule has 3 unspecified atom stereocenters. The zero-order valence-corrected chi connectivity index (χ0v) is 10.6. The van der Waals surface area contributed by atoms with Crippen molar-refractivity contribution in [2.45, 2.75) is 51.2 Å². The number of hydrogen-bond acceptors (Lipinski definition) is 3. The van der Waals surface area contributed by atoms with Crippen LogP contribution in [-0.4, -0.2) is 41.1 Å². The Bertz CT molecular complexity index is 275. The fraction of sp³-hybridized carbons (Fsp3) is 0.923. The van der Waals surface area contributed by atoms with Crippen molar-refractivity contribution in [2.24, 2.45) is 17.6 Å². The van der Waals surface area contributed by atoms with Crippen LogP contribution in [-0.2, 0) is 4.79 Å². The third-order valence-corrected chi connectivity index (χ3v) is 4.39. The van der Waals surface area contributed by atoms with Crippen LogP contribution in [0, 0.1) is 11.8 Å². The first kappa shape index (κ1) is 12.8. The van der Waals surface area contributed by atoms with Gasteiger partial charge in [-0.1, -0.05) is 13.3 Å². The molecule has 1 aliphatic carbocycles. The summed E-state index contributed by atoms with van der Waals surface area (Å²) in [5, 5.41) is 9.45. The molecule has 17 heavy (non-hydrogen) atoms. The molecular weight excluding hydrogens is 216 g/mol. The number of aliphatic hydroxyl groups is 1. The fourth-order valence-corrected chi connectivity index (χ4v) is 3.05. The minimum atomic E-state index is -0.224. The van der Waals surface area contributed by atoms with E-state index in [4.69, 9.17) is 5.73 Å². The number of piperidine rings is 1. The first-order valence-electron chi connectivity index (χ1n) is 6.82. The van der Waals surface area contributed by atoms with Crippen LogP contribution in [0.5, 0.6) is 0 Å². The number of aliphatic hydroxyl groups excluding tert-OH is 1. The lowest BCUT2D eigenvalue weighted by molar-refractivity contribution is -0.139. The van der Waals surface area contributed by atoms with Gasteiger partial charge < -0.3 is 15.7 Å². The highest BCUT2D eigenvalue weighted by molar-refractivity contribution is 5.79. The van der Waals surface area contributed by atoms with Crippen LogP contribution < -0.4 is 5.73 Å². The van der Waals surface area contributed by atoms with Crippen LogP contribution in [0.15, 0.2) is 0 Å². The van der Waals surface area contributed by atoms with E-state index in [1.165, 1.54) is 0 Å². The molecule has 0 radical (unpaired) electrons. The van der Waals surface area contributed by atoms with Crippen molar-refractivity contribution >= 4 is 5.91 Å². The van der Waals surface area contributed by atoms with Crippen LogP contribution in [0.2, 0.25) is 0 Å². The van der Waals surface area contributed by atoms with E-state index in [0.29, 0.717) is 31.8 Å². The molecule has 1 heterocycles. The van der Waals surface area contributed by atoms with Crippen LogP contribution in [0.25, 0.3) is 0 Å². The minimum Gasteiger partial charge on any atom is -0.393 e. The van der Waals surface area contributed by atoms with Gasteiger partial charge in [0.1, 0.15) is 0 Å². The Labute approximate surface area is 103 Å². The molecule has 0 aromatic carbocycles. The third-order valence-electron chi connectivity index (χ3n) is 4.39. The highest BCUT2D eigenvalue weighted by Crippen LogP contribution is 2.29. The molecule has 4 nitrogen and oxygen atoms in total. The lowest BCUT2D eigenvalue weighted by atomic mass is 9.77. The van der Waals surface area contributed by atoms with Gasteiger partial charge in [-0.15, -0.1) is 0 Å². The smallest absolute Gasteiger partial charge is 0.227 e. The third kappa shape index (κ3) is 2.80. The Kier molecular flexibility index (Phi) is 4.05. The molecule has 2 aliphatic rings. The van der Waals surface area contributed by atoms with Crippen LogP contribution in [0.1, 0.15) is 39.0 Å². The lowest BCUT2D eigenvalue weighted by Gasteiger charge is -2.38. The standard InChI is InChI=1S/C13H24N2O2/c1-9-3-2-4-11(12(9)14)13(17)15-7-5-10(16)6-8-15/h9-12,16H,2-8,14H2,1H3. The average molecular weight is 240 g/mol. The number of carbonyl (C=O) groups excluding carboxylic acids is 1. The van der Waals surface area contributed by atoms with Crippen LogP contribution in [0.3, 0.4) is 0 Å². The molecule has 98 valence electrons. The van der Waals surface area contributed by atoms with E-state index < -0.39 is 0 Å². The first-order valence-corrected chi connectivity index (χ1v) is 6.82. The molecule has 3 atom stereocenters. The van der Waals surface area contributed by atoms with Gasteiger partial charge in [0, 0.05) is 19.1 Å². The summed E-state index contributed by atoms with van der Waals surface area (Å²) < 4.78 is 0. The van der Waals surface area contributed by atoms with E-state index in [0.717, 1.165) is 19.3 Å². The van der Waals surface area contributed by atoms with Gasteiger partial charge in [-0.2, -0.15) is 0 Å². The molecule has 0 spiro atoms. The van der Waals surface area contributed by atoms with Crippen LogP contribution in [0.4, 0.5) is 0 Å². The molecular formula is C13H24N2O2. The van der Waals surface area contributed by atoms with Gasteiger partial charge in [0.2, 0.25) is 5.91 Å². The second-order valence-corrected chi connectivity index (χ2v) is 5.65. The zero-order chi connectivity index (χ0) is 12.4. The van der Waals surface area contributed by atoms with Gasteiger partial charge in [-0.25, -0.2) is 0 Å². The van der Waals surface area contributed by atoms with Gasteiger partial charge in [-0.05, 0) is 31.6 Å². The van der Waals surface area contributed by atoms with Crippen molar-refractivity contribution in [3.05, 3.63) is 0 Å². The lowest BCUT2D eigenvalue weighted by Crippen LogP contribution is -2.51. The number of amides is 1. The van der Waals surface area contributed by atoms with Crippen molar-refractivity contribution in [1.29, 1.82) is 0 Å². The topological polar surface area (TPSA) is 66.6 Å². The Morgan fingerprint density at radius 1 is 1.24 bits per heavy atom. The molecule has 0 aromatic rings. The molecule has 4 heteroatoms. The second kappa shape index (κ2) is 5.36. The van der Waals surface area contributed by atoms with Crippen molar-refractivity contribution in [3.63, 3.8) is 0 Å². The Hall–Kier alpha value is -0.610. The van der Waals surface area contributed by atoms with Gasteiger partial charge >= 0.3 is 0 Å². The number of likely N-dealkylation sites (tertiary alicyclic amines) is 1. The Balaban J connectivity index is 1.94. The van der Waals surface area contributed by atoms with Crippen LogP contribution >= 0.6 is 0 Å². The molecule has 1 saturated carbocycles. The van der Waals surface area contributed by atoms with E-state index >= 15 is 0 Å². The number of nitrogens with two attached hydrogens (primary N) is 1. The number of nitrogens with zero attached hydrogens (tertiary/aromatic N) is 1. The maximum absolute atomic E-state index is 12.4. The summed E-state index contributed by atoms with van der Waals surface area (Å²) in [7, 11) is 0. The second-order valence-electron chi connectivity index (χ2n) is 5.65. The fourth-order valence-electron chi connectivity index (χ4n) is 3.05. The molecule has 3 N–H and O–H groups in total. The van der Waals surface area contributed by atoms with Crippen molar-refractivity contribution in [2.75, 3.05) is 13.1 Å². The molecule has 2 fully saturated rings. The quantitative estimate of drug-likeness (QED) is 0.710. The predicted octanol–water partition coefficient (Wildman–Crippen LogP) is 0.733. The molecule has 2 rings (SSSR count). The summed E-state index contributed by atoms with van der Waals surface area (Å²) in [5.41, 5.74) is 6.16. The van der Waals surface area contributed by atoms with E-state index in [1.54, 1.807) is 0 Å². The summed E-state index contributed by atoms with van der Waals surface area (Å²) in [5.74, 6) is 0.679. The van der Waals surface area contributed by atoms with E-state index in [9.17, 15) is 9.90 Å². The molecule has 1 aliphatic heterocycles. The van der Waals surface area contributed by atoms with E-state index in [2.05, 4.69) is 6.92 Å². The maximum Gasteiger partial charge on any atom is 0.227 e. The Morgan fingerprint density at radius 3 is 2.53 bits per heavy atom. The van der Waals surface area contributed by atoms with Gasteiger partial charge in [0.05, 0.1) is 12.0 Å². The number of carbonyl (C=O) groups is 1. The van der Waals surface area contributed by atoms with Crippen molar-refractivity contribution in [1.82, 2.24) is 4.90 Å². The largest absolute Gasteiger partial charge is 0.393 e. The minimum absolute atomic E-state index is 0.00833. The Morgan fingerprint density at radius 2 is 1.88 bits per heavy atom. The van der Waals surface area contributed by atoms with Gasteiger partial charge in [0.25, 0.3) is 0 Å².